The largest absolute Gasteiger partial charge is 0.278 e. The molecule has 0 aliphatic carbocycles. The molecule has 0 amide bonds. The van der Waals surface area contributed by atoms with Crippen molar-refractivity contribution in [3.8, 4) is 0 Å². The van der Waals surface area contributed by atoms with E-state index < -0.39 is 0 Å². The maximum absolute atomic E-state index is 5.73. The summed E-state index contributed by atoms with van der Waals surface area (Å²) in [7, 11) is 0. The van der Waals surface area contributed by atoms with Gasteiger partial charge in [0.25, 0.3) is 0 Å². The molecule has 0 saturated carbocycles. The van der Waals surface area contributed by atoms with Crippen molar-refractivity contribution in [2.24, 2.45) is 0 Å². The van der Waals surface area contributed by atoms with Crippen LogP contribution in [0.4, 0.5) is 0 Å². The zero-order chi connectivity index (χ0) is 6.97. The van der Waals surface area contributed by atoms with Gasteiger partial charge in [-0.15, -0.1) is 0 Å². The van der Waals surface area contributed by atoms with Gasteiger partial charge in [0, 0.05) is 10.4 Å². The summed E-state index contributed by atoms with van der Waals surface area (Å²) in [5, 5.41) is 8.49. The lowest BCUT2D eigenvalue weighted by molar-refractivity contribution is 1.12. The Kier molecular flexibility index (Phi) is 1.14. The van der Waals surface area contributed by atoms with Crippen LogP contribution >= 0.6 is 11.6 Å². The Labute approximate surface area is 62.8 Å². The first-order valence-corrected chi connectivity index (χ1v) is 3.33. The van der Waals surface area contributed by atoms with Gasteiger partial charge >= 0.3 is 0 Å². The Morgan fingerprint density at radius 2 is 2.30 bits per heavy atom. The zero-order valence-corrected chi connectivity index (χ0v) is 5.89. The van der Waals surface area contributed by atoms with Crippen molar-refractivity contribution < 1.29 is 0 Å². The molecule has 2 aromatic rings. The number of nitrogens with one attached hydrogen (secondary N) is 1. The van der Waals surface area contributed by atoms with Crippen LogP contribution in [0, 0.1) is 0 Å². The number of hydrogen-bond donors (Lipinski definition) is 1. The van der Waals surface area contributed by atoms with Gasteiger partial charge in [-0.05, 0) is 18.2 Å². The summed E-state index contributed by atoms with van der Waals surface area (Å²) in [6.45, 7) is 0. The van der Waals surface area contributed by atoms with Gasteiger partial charge in [-0.3, -0.25) is 5.10 Å². The van der Waals surface area contributed by atoms with Crippen LogP contribution in [0.1, 0.15) is 0 Å². The van der Waals surface area contributed by atoms with E-state index in [1.54, 1.807) is 6.20 Å². The van der Waals surface area contributed by atoms with Crippen molar-refractivity contribution in [1.82, 2.24) is 10.2 Å². The van der Waals surface area contributed by atoms with Crippen LogP contribution < -0.4 is 0 Å². The zero-order valence-electron chi connectivity index (χ0n) is 5.13. The van der Waals surface area contributed by atoms with E-state index in [-0.39, 0.29) is 0 Å². The minimum atomic E-state index is 0.744. The van der Waals surface area contributed by atoms with Gasteiger partial charge in [0.15, 0.2) is 0 Å². The second-order valence-corrected chi connectivity index (χ2v) is 2.54. The molecule has 1 N–H and O–H groups in total. The summed E-state index contributed by atoms with van der Waals surface area (Å²) >= 11 is 5.73. The molecular formula is C7H5ClN2. The Morgan fingerprint density at radius 3 is 3.20 bits per heavy atom. The predicted molar refractivity (Wildman–Crippen MR) is 41.1 cm³/mol. The first-order chi connectivity index (χ1) is 4.86. The monoisotopic (exact) mass is 152 g/mol. The van der Waals surface area contributed by atoms with E-state index in [0.717, 1.165) is 15.9 Å². The third-order valence-electron chi connectivity index (χ3n) is 1.40. The van der Waals surface area contributed by atoms with Crippen LogP contribution in [0.15, 0.2) is 24.4 Å². The number of H-pyrrole nitrogens is 1. The average Bonchev–Trinajstić information content (AvgIpc) is 2.33. The number of aromatic amines is 1. The highest BCUT2D eigenvalue weighted by Crippen LogP contribution is 2.15. The summed E-state index contributed by atoms with van der Waals surface area (Å²) in [5.74, 6) is 0. The lowest BCUT2D eigenvalue weighted by atomic mass is 10.3. The number of rotatable bonds is 0. The molecule has 1 aromatic heterocycles. The molecule has 1 heterocycles. The summed E-state index contributed by atoms with van der Waals surface area (Å²) in [6, 6.07) is 5.62. The highest BCUT2D eigenvalue weighted by Gasteiger charge is 1.93. The van der Waals surface area contributed by atoms with Crippen LogP contribution in [0.2, 0.25) is 5.02 Å². The lowest BCUT2D eigenvalue weighted by Gasteiger charge is -1.87. The van der Waals surface area contributed by atoms with Crippen LogP contribution in [-0.2, 0) is 0 Å². The van der Waals surface area contributed by atoms with Gasteiger partial charge < -0.3 is 0 Å². The molecule has 0 aliphatic heterocycles. The van der Waals surface area contributed by atoms with Crippen LogP contribution in [0.3, 0.4) is 0 Å². The maximum atomic E-state index is 5.73. The van der Waals surface area contributed by atoms with E-state index in [2.05, 4.69) is 10.2 Å². The fraction of sp³-hybridized carbons (Fsp3) is 0. The summed E-state index contributed by atoms with van der Waals surface area (Å²) in [6.07, 6.45) is 1.75. The number of aromatic nitrogens is 2. The molecule has 0 radical (unpaired) electrons. The number of halogens is 1. The number of nitrogens with zero attached hydrogens (tertiary/aromatic N) is 1. The molecule has 1 aromatic carbocycles. The van der Waals surface area contributed by atoms with Gasteiger partial charge in [0.2, 0.25) is 0 Å². The lowest BCUT2D eigenvalue weighted by Crippen LogP contribution is -1.66. The maximum Gasteiger partial charge on any atom is 0.0651 e. The van der Waals surface area contributed by atoms with Crippen molar-refractivity contribution >= 4 is 22.5 Å². The van der Waals surface area contributed by atoms with Crippen LogP contribution in [0.25, 0.3) is 10.9 Å². The molecule has 0 aliphatic rings. The molecule has 0 saturated heterocycles. The number of benzene rings is 1. The summed E-state index contributed by atoms with van der Waals surface area (Å²) in [5.41, 5.74) is 1.02. The topological polar surface area (TPSA) is 28.7 Å². The fourth-order valence-corrected chi connectivity index (χ4v) is 1.09. The third-order valence-corrected chi connectivity index (χ3v) is 1.64. The van der Waals surface area contributed by atoms with Gasteiger partial charge in [0.1, 0.15) is 0 Å². The molecule has 10 heavy (non-hydrogen) atoms. The molecule has 50 valence electrons. The Balaban J connectivity index is 2.86. The van der Waals surface area contributed by atoms with E-state index in [4.69, 9.17) is 11.6 Å². The molecule has 0 bridgehead atoms. The van der Waals surface area contributed by atoms with E-state index in [9.17, 15) is 0 Å². The molecule has 2 rings (SSSR count). The van der Waals surface area contributed by atoms with Gasteiger partial charge in [-0.25, -0.2) is 0 Å². The van der Waals surface area contributed by atoms with E-state index in [1.165, 1.54) is 0 Å². The standard InChI is InChI=1S/C7H5ClN2/c8-6-1-2-7-5(3-6)4-9-10-7/h1-4H,(H,9,10). The molecular weight excluding hydrogens is 148 g/mol. The molecule has 3 heteroatoms. The Hall–Kier alpha value is -1.02. The van der Waals surface area contributed by atoms with E-state index >= 15 is 0 Å². The van der Waals surface area contributed by atoms with E-state index in [1.807, 2.05) is 18.2 Å². The number of hydrogen-bond acceptors (Lipinski definition) is 1. The quantitative estimate of drug-likeness (QED) is 0.616. The van der Waals surface area contributed by atoms with Crippen molar-refractivity contribution in [2.45, 2.75) is 0 Å². The highest BCUT2D eigenvalue weighted by atomic mass is 35.5. The Morgan fingerprint density at radius 1 is 1.40 bits per heavy atom. The third kappa shape index (κ3) is 0.772. The average molecular weight is 153 g/mol. The van der Waals surface area contributed by atoms with Crippen LogP contribution in [0.5, 0.6) is 0 Å². The second-order valence-electron chi connectivity index (χ2n) is 2.10. The summed E-state index contributed by atoms with van der Waals surface area (Å²) < 4.78 is 0. The second kappa shape index (κ2) is 1.99. The van der Waals surface area contributed by atoms with Crippen molar-refractivity contribution in [3.05, 3.63) is 29.4 Å². The first kappa shape index (κ1) is 5.74. The summed E-state index contributed by atoms with van der Waals surface area (Å²) in [4.78, 5) is 0. The molecule has 0 unspecified atom stereocenters. The highest BCUT2D eigenvalue weighted by molar-refractivity contribution is 6.31. The number of fused-ring (bicyclic) bond motifs is 1. The molecule has 0 spiro atoms. The van der Waals surface area contributed by atoms with Gasteiger partial charge in [-0.1, -0.05) is 11.6 Å². The Bertz CT molecular complexity index is 353. The fourth-order valence-electron chi connectivity index (χ4n) is 0.914. The van der Waals surface area contributed by atoms with Crippen molar-refractivity contribution in [3.63, 3.8) is 0 Å². The minimum absolute atomic E-state index is 0.744. The molecule has 0 fully saturated rings. The van der Waals surface area contributed by atoms with Gasteiger partial charge in [0.05, 0.1) is 11.7 Å². The van der Waals surface area contributed by atoms with E-state index in [0.29, 0.717) is 0 Å². The van der Waals surface area contributed by atoms with Crippen LogP contribution in [-0.4, -0.2) is 10.2 Å². The normalized spacial score (nSPS) is 10.5. The molecule has 0 atom stereocenters. The van der Waals surface area contributed by atoms with Gasteiger partial charge in [-0.2, -0.15) is 5.10 Å². The van der Waals surface area contributed by atoms with Crippen molar-refractivity contribution in [1.29, 1.82) is 0 Å². The predicted octanol–water partition coefficient (Wildman–Crippen LogP) is 2.22. The smallest absolute Gasteiger partial charge is 0.0651 e. The SMILES string of the molecule is Clc1ccc2[nH]ncc2c1. The molecule has 2 nitrogen and oxygen atoms in total. The van der Waals surface area contributed by atoms with Crippen molar-refractivity contribution in [2.75, 3.05) is 0 Å². The minimum Gasteiger partial charge on any atom is -0.278 e. The first-order valence-electron chi connectivity index (χ1n) is 2.95.